The summed E-state index contributed by atoms with van der Waals surface area (Å²) in [5.41, 5.74) is 0.868. The van der Waals surface area contributed by atoms with Crippen LogP contribution in [-0.2, 0) is 9.59 Å². The molecule has 0 spiro atoms. The number of urea groups is 1. The zero-order valence-electron chi connectivity index (χ0n) is 14.9. The lowest BCUT2D eigenvalue weighted by Gasteiger charge is -2.17. The Hall–Kier alpha value is -3.16. The van der Waals surface area contributed by atoms with E-state index in [0.29, 0.717) is 18.7 Å². The molecule has 2 aromatic rings. The summed E-state index contributed by atoms with van der Waals surface area (Å²) in [6.45, 7) is -0.00510. The number of nitrogens with zero attached hydrogens (tertiary/aromatic N) is 2. The molecule has 7 nitrogen and oxygen atoms in total. The highest BCUT2D eigenvalue weighted by Gasteiger charge is 2.34. The van der Waals surface area contributed by atoms with Gasteiger partial charge in [0.2, 0.25) is 5.91 Å². The lowest BCUT2D eigenvalue weighted by Crippen LogP contribution is -2.41. The molecule has 0 saturated carbocycles. The van der Waals surface area contributed by atoms with Crippen LogP contribution in [0.15, 0.2) is 47.1 Å². The topological polar surface area (TPSA) is 82.9 Å². The summed E-state index contributed by atoms with van der Waals surface area (Å²) in [4.78, 5) is 37.8. The molecule has 1 aliphatic rings. The molecule has 0 aliphatic carbocycles. The van der Waals surface area contributed by atoms with E-state index >= 15 is 0 Å². The summed E-state index contributed by atoms with van der Waals surface area (Å²) in [7, 11) is 1.51. The van der Waals surface area contributed by atoms with E-state index in [1.54, 1.807) is 24.5 Å². The Morgan fingerprint density at radius 1 is 1.26 bits per heavy atom. The molecule has 8 heteroatoms. The third-order valence-electron chi connectivity index (χ3n) is 4.45. The third kappa shape index (κ3) is 4.33. The predicted molar refractivity (Wildman–Crippen MR) is 94.3 cm³/mol. The maximum absolute atomic E-state index is 13.2. The molecule has 1 aromatic carbocycles. The van der Waals surface area contributed by atoms with Crippen LogP contribution < -0.4 is 5.32 Å². The van der Waals surface area contributed by atoms with Crippen molar-refractivity contribution in [2.45, 2.75) is 12.3 Å². The second-order valence-electron chi connectivity index (χ2n) is 6.38. The highest BCUT2D eigenvalue weighted by Crippen LogP contribution is 2.28. The van der Waals surface area contributed by atoms with Gasteiger partial charge in [-0.25, -0.2) is 9.18 Å². The van der Waals surface area contributed by atoms with Gasteiger partial charge in [-0.15, -0.1) is 0 Å². The van der Waals surface area contributed by atoms with Crippen LogP contribution in [0.25, 0.3) is 0 Å². The van der Waals surface area contributed by atoms with Crippen LogP contribution >= 0.6 is 0 Å². The Bertz CT molecular complexity index is 820. The Morgan fingerprint density at radius 3 is 2.59 bits per heavy atom. The van der Waals surface area contributed by atoms with E-state index in [1.807, 2.05) is 6.07 Å². The van der Waals surface area contributed by atoms with Crippen LogP contribution in [0.2, 0.25) is 0 Å². The molecule has 0 unspecified atom stereocenters. The maximum atomic E-state index is 13.2. The molecule has 1 N–H and O–H groups in total. The van der Waals surface area contributed by atoms with Crippen molar-refractivity contribution >= 4 is 17.8 Å². The molecular formula is C19H20FN3O4. The number of imide groups is 1. The van der Waals surface area contributed by atoms with Gasteiger partial charge in [0.1, 0.15) is 24.7 Å². The predicted octanol–water partition coefficient (Wildman–Crippen LogP) is 1.95. The van der Waals surface area contributed by atoms with Gasteiger partial charge >= 0.3 is 6.03 Å². The Labute approximate surface area is 155 Å². The number of rotatable bonds is 7. The first-order chi connectivity index (χ1) is 13.0. The Balaban J connectivity index is 1.58. The fourth-order valence-electron chi connectivity index (χ4n) is 3.04. The zero-order chi connectivity index (χ0) is 19.4. The molecule has 1 aromatic heterocycles. The number of hydrogen-bond acceptors (Lipinski definition) is 4. The Morgan fingerprint density at radius 2 is 2.00 bits per heavy atom. The van der Waals surface area contributed by atoms with Crippen molar-refractivity contribution in [1.29, 1.82) is 0 Å². The van der Waals surface area contributed by atoms with Crippen molar-refractivity contribution < 1.29 is 23.2 Å². The number of hydrogen-bond donors (Lipinski definition) is 1. The third-order valence-corrected chi connectivity index (χ3v) is 4.45. The fraction of sp³-hybridized carbons (Fsp3) is 0.316. The average molecular weight is 373 g/mol. The first kappa shape index (κ1) is 18.6. The SMILES string of the molecule is CN1CC(=O)N(CC(=O)NCC[C@@H](c2ccc(F)cc2)c2ccco2)C1=O. The molecule has 1 fully saturated rings. The molecule has 1 aliphatic heterocycles. The number of carbonyl (C=O) groups excluding carboxylic acids is 3. The number of amides is 4. The first-order valence-electron chi connectivity index (χ1n) is 8.56. The fourth-order valence-corrected chi connectivity index (χ4v) is 3.04. The first-order valence-corrected chi connectivity index (χ1v) is 8.56. The number of halogens is 1. The van der Waals surface area contributed by atoms with Crippen molar-refractivity contribution in [2.75, 3.05) is 26.7 Å². The standard InChI is InChI=1S/C19H20FN3O4/c1-22-12-18(25)23(19(22)26)11-17(24)21-9-8-15(16-3-2-10-27-16)13-4-6-14(20)7-5-13/h2-7,10,15H,8-9,11-12H2,1H3,(H,21,24)/t15-/m0/s1. The van der Waals surface area contributed by atoms with Gasteiger partial charge in [0.25, 0.3) is 5.91 Å². The number of carbonyl (C=O) groups is 3. The van der Waals surface area contributed by atoms with Crippen LogP contribution in [0.1, 0.15) is 23.7 Å². The average Bonchev–Trinajstić information content (AvgIpc) is 3.25. The van der Waals surface area contributed by atoms with Crippen LogP contribution in [0.3, 0.4) is 0 Å². The van der Waals surface area contributed by atoms with E-state index in [-0.39, 0.29) is 24.8 Å². The minimum Gasteiger partial charge on any atom is -0.469 e. The van der Waals surface area contributed by atoms with Gasteiger partial charge in [-0.1, -0.05) is 12.1 Å². The normalized spacial score (nSPS) is 15.3. The van der Waals surface area contributed by atoms with E-state index in [0.717, 1.165) is 10.5 Å². The number of furan rings is 1. The summed E-state index contributed by atoms with van der Waals surface area (Å²) >= 11 is 0. The molecule has 1 atom stereocenters. The molecule has 27 heavy (non-hydrogen) atoms. The molecule has 142 valence electrons. The Kier molecular flexibility index (Phi) is 5.54. The number of benzene rings is 1. The summed E-state index contributed by atoms with van der Waals surface area (Å²) in [5, 5.41) is 2.72. The van der Waals surface area contributed by atoms with Crippen LogP contribution in [0.5, 0.6) is 0 Å². The van der Waals surface area contributed by atoms with Gasteiger partial charge in [0.15, 0.2) is 0 Å². The monoisotopic (exact) mass is 373 g/mol. The van der Waals surface area contributed by atoms with Crippen molar-refractivity contribution in [2.24, 2.45) is 0 Å². The highest BCUT2D eigenvalue weighted by atomic mass is 19.1. The number of likely N-dealkylation sites (N-methyl/N-ethyl adjacent to an activating group) is 1. The second kappa shape index (κ2) is 8.03. The summed E-state index contributed by atoms with van der Waals surface area (Å²) in [6, 6.07) is 9.24. The van der Waals surface area contributed by atoms with Crippen molar-refractivity contribution in [3.8, 4) is 0 Å². The van der Waals surface area contributed by atoms with Crippen molar-refractivity contribution in [3.05, 3.63) is 59.8 Å². The molecule has 2 heterocycles. The van der Waals surface area contributed by atoms with Gasteiger partial charge < -0.3 is 14.6 Å². The summed E-state index contributed by atoms with van der Waals surface area (Å²) < 4.78 is 18.7. The van der Waals surface area contributed by atoms with Gasteiger partial charge in [-0.3, -0.25) is 14.5 Å². The maximum Gasteiger partial charge on any atom is 0.327 e. The zero-order valence-corrected chi connectivity index (χ0v) is 14.9. The number of nitrogens with one attached hydrogen (secondary N) is 1. The van der Waals surface area contributed by atoms with E-state index in [9.17, 15) is 18.8 Å². The lowest BCUT2D eigenvalue weighted by atomic mass is 9.93. The molecule has 1 saturated heterocycles. The van der Waals surface area contributed by atoms with Gasteiger partial charge in [0, 0.05) is 19.5 Å². The van der Waals surface area contributed by atoms with E-state index in [4.69, 9.17) is 4.42 Å². The minimum absolute atomic E-state index is 0.0166. The molecular weight excluding hydrogens is 353 g/mol. The minimum atomic E-state index is -0.477. The van der Waals surface area contributed by atoms with Gasteiger partial charge in [-0.2, -0.15) is 0 Å². The lowest BCUT2D eigenvalue weighted by molar-refractivity contribution is -0.130. The van der Waals surface area contributed by atoms with E-state index < -0.39 is 17.8 Å². The molecule has 0 bridgehead atoms. The summed E-state index contributed by atoms with van der Waals surface area (Å²) in [6.07, 6.45) is 2.08. The smallest absolute Gasteiger partial charge is 0.327 e. The molecule has 3 rings (SSSR count). The van der Waals surface area contributed by atoms with Crippen molar-refractivity contribution in [3.63, 3.8) is 0 Å². The van der Waals surface area contributed by atoms with Crippen molar-refractivity contribution in [1.82, 2.24) is 15.1 Å². The van der Waals surface area contributed by atoms with Crippen LogP contribution in [0, 0.1) is 5.82 Å². The highest BCUT2D eigenvalue weighted by molar-refractivity contribution is 6.04. The second-order valence-corrected chi connectivity index (χ2v) is 6.38. The van der Waals surface area contributed by atoms with E-state index in [2.05, 4.69) is 5.32 Å². The molecule has 4 amide bonds. The van der Waals surface area contributed by atoms with Crippen LogP contribution in [-0.4, -0.2) is 54.3 Å². The van der Waals surface area contributed by atoms with Crippen LogP contribution in [0.4, 0.5) is 9.18 Å². The van der Waals surface area contributed by atoms with Gasteiger partial charge in [0.05, 0.1) is 6.26 Å². The largest absolute Gasteiger partial charge is 0.469 e. The van der Waals surface area contributed by atoms with Gasteiger partial charge in [-0.05, 0) is 36.2 Å². The summed E-state index contributed by atoms with van der Waals surface area (Å²) in [5.74, 6) is -0.568. The van der Waals surface area contributed by atoms with E-state index in [1.165, 1.54) is 24.1 Å². The quantitative estimate of drug-likeness (QED) is 0.752. The molecule has 0 radical (unpaired) electrons.